The molecule has 5 nitrogen and oxygen atoms in total. The standard InChI is InChI=1S/C18H15ClN4OS/c1-25-11-17-22-15-4-2-3-5-16(15)23(17)10-18(24)21-13-6-7-14(19)12(8-13)9-20/h2-8H,10-11H2,1H3,(H,21,24). The number of para-hydroxylation sites is 2. The number of carbonyl (C=O) groups is 1. The van der Waals surface area contributed by atoms with Crippen LogP contribution in [0.5, 0.6) is 0 Å². The smallest absolute Gasteiger partial charge is 0.244 e. The molecule has 25 heavy (non-hydrogen) atoms. The third-order valence-corrected chi connectivity index (χ3v) is 4.56. The third kappa shape index (κ3) is 3.78. The van der Waals surface area contributed by atoms with E-state index in [0.717, 1.165) is 22.6 Å². The number of nitrogens with zero attached hydrogens (tertiary/aromatic N) is 3. The van der Waals surface area contributed by atoms with E-state index >= 15 is 0 Å². The third-order valence-electron chi connectivity index (χ3n) is 3.68. The van der Waals surface area contributed by atoms with E-state index in [-0.39, 0.29) is 12.5 Å². The topological polar surface area (TPSA) is 70.7 Å². The van der Waals surface area contributed by atoms with Gasteiger partial charge in [0.05, 0.1) is 27.4 Å². The number of imidazole rings is 1. The predicted octanol–water partition coefficient (Wildman–Crippen LogP) is 4.06. The van der Waals surface area contributed by atoms with Gasteiger partial charge in [0, 0.05) is 5.69 Å². The van der Waals surface area contributed by atoms with Gasteiger partial charge < -0.3 is 9.88 Å². The molecule has 1 amide bonds. The summed E-state index contributed by atoms with van der Waals surface area (Å²) in [7, 11) is 0. The highest BCUT2D eigenvalue weighted by Crippen LogP contribution is 2.21. The lowest BCUT2D eigenvalue weighted by atomic mass is 10.2. The summed E-state index contributed by atoms with van der Waals surface area (Å²) in [5.41, 5.74) is 2.67. The monoisotopic (exact) mass is 370 g/mol. The number of halogens is 1. The van der Waals surface area contributed by atoms with Crippen molar-refractivity contribution in [1.29, 1.82) is 5.26 Å². The molecule has 0 radical (unpaired) electrons. The molecule has 0 atom stereocenters. The van der Waals surface area contributed by atoms with E-state index in [1.807, 2.05) is 41.2 Å². The molecule has 7 heteroatoms. The first-order valence-electron chi connectivity index (χ1n) is 7.55. The lowest BCUT2D eigenvalue weighted by Crippen LogP contribution is -2.20. The molecule has 0 spiro atoms. The number of thioether (sulfide) groups is 1. The molecule has 3 rings (SSSR count). The Kier molecular flexibility index (Phi) is 5.27. The van der Waals surface area contributed by atoms with Gasteiger partial charge in [-0.1, -0.05) is 23.7 Å². The molecule has 0 aliphatic heterocycles. The normalized spacial score (nSPS) is 10.6. The van der Waals surface area contributed by atoms with Crippen LogP contribution < -0.4 is 5.32 Å². The van der Waals surface area contributed by atoms with Crippen molar-refractivity contribution in [3.05, 3.63) is 58.9 Å². The minimum Gasteiger partial charge on any atom is -0.324 e. The maximum atomic E-state index is 12.5. The lowest BCUT2D eigenvalue weighted by molar-refractivity contribution is -0.116. The molecule has 0 aliphatic rings. The average Bonchev–Trinajstić information content (AvgIpc) is 2.94. The number of carbonyl (C=O) groups excluding carboxylic acids is 1. The number of nitrogens with one attached hydrogen (secondary N) is 1. The average molecular weight is 371 g/mol. The first-order valence-corrected chi connectivity index (χ1v) is 9.32. The summed E-state index contributed by atoms with van der Waals surface area (Å²) in [5, 5.41) is 12.2. The van der Waals surface area contributed by atoms with Gasteiger partial charge in [-0.05, 0) is 36.6 Å². The van der Waals surface area contributed by atoms with E-state index in [4.69, 9.17) is 16.9 Å². The van der Waals surface area contributed by atoms with Gasteiger partial charge in [-0.2, -0.15) is 17.0 Å². The van der Waals surface area contributed by atoms with Crippen molar-refractivity contribution in [2.45, 2.75) is 12.3 Å². The van der Waals surface area contributed by atoms with Crippen LogP contribution in [-0.4, -0.2) is 21.7 Å². The summed E-state index contributed by atoms with van der Waals surface area (Å²) in [6.07, 6.45) is 2.00. The molecule has 0 unspecified atom stereocenters. The zero-order chi connectivity index (χ0) is 17.8. The molecule has 0 fully saturated rings. The maximum Gasteiger partial charge on any atom is 0.244 e. The second-order valence-electron chi connectivity index (χ2n) is 5.39. The molecular weight excluding hydrogens is 356 g/mol. The quantitative estimate of drug-likeness (QED) is 0.735. The Bertz CT molecular complexity index is 977. The fourth-order valence-electron chi connectivity index (χ4n) is 2.57. The fourth-order valence-corrected chi connectivity index (χ4v) is 3.21. The predicted molar refractivity (Wildman–Crippen MR) is 102 cm³/mol. The summed E-state index contributed by atoms with van der Waals surface area (Å²) >= 11 is 7.57. The number of anilines is 1. The highest BCUT2D eigenvalue weighted by Gasteiger charge is 2.13. The number of rotatable bonds is 5. The summed E-state index contributed by atoms with van der Waals surface area (Å²) in [6.45, 7) is 0.154. The van der Waals surface area contributed by atoms with Crippen molar-refractivity contribution in [3.63, 3.8) is 0 Å². The van der Waals surface area contributed by atoms with Gasteiger partial charge in [-0.15, -0.1) is 0 Å². The van der Waals surface area contributed by atoms with E-state index in [1.165, 1.54) is 0 Å². The van der Waals surface area contributed by atoms with Crippen LogP contribution in [0.1, 0.15) is 11.4 Å². The number of benzene rings is 2. The van der Waals surface area contributed by atoms with Crippen LogP contribution >= 0.6 is 23.4 Å². The van der Waals surface area contributed by atoms with Crippen molar-refractivity contribution < 1.29 is 4.79 Å². The van der Waals surface area contributed by atoms with E-state index in [0.29, 0.717) is 16.3 Å². The van der Waals surface area contributed by atoms with Crippen molar-refractivity contribution in [1.82, 2.24) is 9.55 Å². The Balaban J connectivity index is 1.85. The summed E-state index contributed by atoms with van der Waals surface area (Å²) in [5.74, 6) is 1.40. The molecule has 1 aromatic heterocycles. The van der Waals surface area contributed by atoms with Crippen LogP contribution in [-0.2, 0) is 17.1 Å². The number of nitriles is 1. The van der Waals surface area contributed by atoms with Crippen LogP contribution in [0.4, 0.5) is 5.69 Å². The van der Waals surface area contributed by atoms with Gasteiger partial charge in [0.25, 0.3) is 0 Å². The van der Waals surface area contributed by atoms with Crippen LogP contribution in [0.2, 0.25) is 5.02 Å². The van der Waals surface area contributed by atoms with Gasteiger partial charge in [0.2, 0.25) is 5.91 Å². The van der Waals surface area contributed by atoms with E-state index in [9.17, 15) is 4.79 Å². The van der Waals surface area contributed by atoms with Gasteiger partial charge in [-0.3, -0.25) is 4.79 Å². The molecule has 0 saturated heterocycles. The number of aromatic nitrogens is 2. The minimum atomic E-state index is -0.184. The molecule has 126 valence electrons. The van der Waals surface area contributed by atoms with Crippen LogP contribution in [0.25, 0.3) is 11.0 Å². The Morgan fingerprint density at radius 3 is 2.92 bits per heavy atom. The van der Waals surface area contributed by atoms with E-state index in [2.05, 4.69) is 10.3 Å². The lowest BCUT2D eigenvalue weighted by Gasteiger charge is -2.10. The Morgan fingerprint density at radius 2 is 2.16 bits per heavy atom. The summed E-state index contributed by atoms with van der Waals surface area (Å²) < 4.78 is 1.92. The summed E-state index contributed by atoms with van der Waals surface area (Å²) in [6, 6.07) is 14.6. The van der Waals surface area contributed by atoms with Crippen molar-refractivity contribution in [2.24, 2.45) is 0 Å². The first kappa shape index (κ1) is 17.3. The SMILES string of the molecule is CSCc1nc2ccccc2n1CC(=O)Nc1ccc(Cl)c(C#N)c1. The number of amides is 1. The molecule has 2 aromatic carbocycles. The number of fused-ring (bicyclic) bond motifs is 1. The second kappa shape index (κ2) is 7.60. The van der Waals surface area contributed by atoms with Crippen molar-refractivity contribution >= 4 is 46.0 Å². The van der Waals surface area contributed by atoms with Crippen molar-refractivity contribution in [3.8, 4) is 6.07 Å². The van der Waals surface area contributed by atoms with Crippen LogP contribution in [0.15, 0.2) is 42.5 Å². The highest BCUT2D eigenvalue weighted by molar-refractivity contribution is 7.97. The van der Waals surface area contributed by atoms with Gasteiger partial charge in [0.15, 0.2) is 0 Å². The second-order valence-corrected chi connectivity index (χ2v) is 6.66. The zero-order valence-corrected chi connectivity index (χ0v) is 15.1. The van der Waals surface area contributed by atoms with E-state index in [1.54, 1.807) is 30.0 Å². The number of hydrogen-bond acceptors (Lipinski definition) is 4. The van der Waals surface area contributed by atoms with Gasteiger partial charge in [0.1, 0.15) is 18.4 Å². The van der Waals surface area contributed by atoms with Gasteiger partial charge >= 0.3 is 0 Å². The van der Waals surface area contributed by atoms with Crippen LogP contribution in [0.3, 0.4) is 0 Å². The largest absolute Gasteiger partial charge is 0.324 e. The van der Waals surface area contributed by atoms with E-state index < -0.39 is 0 Å². The molecule has 0 aliphatic carbocycles. The highest BCUT2D eigenvalue weighted by atomic mass is 35.5. The zero-order valence-electron chi connectivity index (χ0n) is 13.5. The molecule has 0 saturated carbocycles. The minimum absolute atomic E-state index is 0.154. The fraction of sp³-hybridized carbons (Fsp3) is 0.167. The summed E-state index contributed by atoms with van der Waals surface area (Å²) in [4.78, 5) is 17.1. The molecule has 1 heterocycles. The Hall–Kier alpha value is -2.49. The molecular formula is C18H15ClN4OS. The van der Waals surface area contributed by atoms with Crippen LogP contribution in [0, 0.1) is 11.3 Å². The molecule has 0 bridgehead atoms. The van der Waals surface area contributed by atoms with Crippen molar-refractivity contribution in [2.75, 3.05) is 11.6 Å². The van der Waals surface area contributed by atoms with Gasteiger partial charge in [-0.25, -0.2) is 4.98 Å². The Morgan fingerprint density at radius 1 is 1.36 bits per heavy atom. The maximum absolute atomic E-state index is 12.5. The first-order chi connectivity index (χ1) is 12.1. The molecule has 3 aromatic rings. The number of hydrogen-bond donors (Lipinski definition) is 1. The molecule has 1 N–H and O–H groups in total. The Labute approximate surface area is 154 Å².